The van der Waals surface area contributed by atoms with E-state index in [9.17, 15) is 0 Å². The molecule has 0 bridgehead atoms. The predicted octanol–water partition coefficient (Wildman–Crippen LogP) is 3.78. The van der Waals surface area contributed by atoms with Crippen LogP contribution in [0.15, 0.2) is 27.8 Å². The zero-order valence-electron chi connectivity index (χ0n) is 15.7. The third-order valence-electron chi connectivity index (χ3n) is 4.45. The van der Waals surface area contributed by atoms with Gasteiger partial charge in [-0.25, -0.2) is 0 Å². The first kappa shape index (κ1) is 19.4. The maximum atomic E-state index is 6.05. The summed E-state index contributed by atoms with van der Waals surface area (Å²) in [6.07, 6.45) is 4.04. The summed E-state index contributed by atoms with van der Waals surface area (Å²) < 4.78 is 7.48. The topological polar surface area (TPSA) is 58.6 Å². The largest absolute Gasteiger partial charge is 0.359 e. The van der Waals surface area contributed by atoms with Crippen LogP contribution in [0.25, 0.3) is 0 Å². The van der Waals surface area contributed by atoms with Crippen molar-refractivity contribution in [1.29, 1.82) is 0 Å². The second-order valence-corrected chi connectivity index (χ2v) is 6.69. The molecule has 2 rings (SSSR count). The van der Waals surface area contributed by atoms with Crippen LogP contribution >= 0.6 is 11.6 Å². The molecule has 1 N–H and O–H groups in total. The Hall–Kier alpha value is -1.95. The minimum Gasteiger partial charge on any atom is -0.359 e. The Morgan fingerprint density at radius 3 is 2.68 bits per heavy atom. The van der Waals surface area contributed by atoms with Crippen LogP contribution in [0.1, 0.15) is 49.8 Å². The van der Waals surface area contributed by atoms with Crippen molar-refractivity contribution in [2.24, 2.45) is 12.0 Å². The van der Waals surface area contributed by atoms with Gasteiger partial charge >= 0.3 is 0 Å². The number of aromatic nitrogens is 2. The third kappa shape index (κ3) is 5.01. The van der Waals surface area contributed by atoms with Crippen LogP contribution in [0.2, 0.25) is 5.02 Å². The minimum absolute atomic E-state index is 0.460. The van der Waals surface area contributed by atoms with Gasteiger partial charge in [-0.2, -0.15) is 0 Å². The zero-order chi connectivity index (χ0) is 18.4. The van der Waals surface area contributed by atoms with Gasteiger partial charge in [0.1, 0.15) is 0 Å². The first-order valence-corrected chi connectivity index (χ1v) is 9.04. The molecule has 138 valence electrons. The SMILES string of the molecule is CCC(CC)c1cc(CNC(=NC)N(C)Cc2cc(Cl)cn2C)on1. The summed E-state index contributed by atoms with van der Waals surface area (Å²) in [4.78, 5) is 6.38. The average Bonchev–Trinajstić information content (AvgIpc) is 3.16. The molecule has 0 spiro atoms. The number of nitrogens with one attached hydrogen (secondary N) is 1. The Morgan fingerprint density at radius 2 is 2.12 bits per heavy atom. The van der Waals surface area contributed by atoms with Crippen molar-refractivity contribution in [1.82, 2.24) is 19.9 Å². The van der Waals surface area contributed by atoms with Gasteiger partial charge in [0.05, 0.1) is 23.8 Å². The number of nitrogens with zero attached hydrogens (tertiary/aromatic N) is 4. The number of hydrogen-bond acceptors (Lipinski definition) is 3. The van der Waals surface area contributed by atoms with E-state index in [1.807, 2.05) is 41.9 Å². The van der Waals surface area contributed by atoms with Crippen molar-refractivity contribution < 1.29 is 4.52 Å². The van der Waals surface area contributed by atoms with E-state index in [1.165, 1.54) is 0 Å². The molecule has 0 unspecified atom stereocenters. The van der Waals surface area contributed by atoms with E-state index in [-0.39, 0.29) is 0 Å². The van der Waals surface area contributed by atoms with Crippen molar-refractivity contribution in [3.63, 3.8) is 0 Å². The number of guanidine groups is 1. The van der Waals surface area contributed by atoms with Crippen LogP contribution in [0.3, 0.4) is 0 Å². The van der Waals surface area contributed by atoms with Gasteiger partial charge in [-0.05, 0) is 18.9 Å². The molecular formula is C18H28ClN5O. The van der Waals surface area contributed by atoms with E-state index in [0.717, 1.165) is 41.0 Å². The number of hydrogen-bond donors (Lipinski definition) is 1. The predicted molar refractivity (Wildman–Crippen MR) is 102 cm³/mol. The number of aryl methyl sites for hydroxylation is 1. The summed E-state index contributed by atoms with van der Waals surface area (Å²) in [5, 5.41) is 8.26. The molecule has 0 aromatic carbocycles. The van der Waals surface area contributed by atoms with Crippen molar-refractivity contribution in [2.75, 3.05) is 14.1 Å². The van der Waals surface area contributed by atoms with Crippen LogP contribution in [-0.2, 0) is 20.1 Å². The van der Waals surface area contributed by atoms with E-state index in [4.69, 9.17) is 16.1 Å². The fourth-order valence-corrected chi connectivity index (χ4v) is 3.18. The van der Waals surface area contributed by atoms with Gasteiger partial charge in [0.25, 0.3) is 0 Å². The summed E-state index contributed by atoms with van der Waals surface area (Å²) in [5.74, 6) is 2.07. The van der Waals surface area contributed by atoms with Crippen LogP contribution in [0, 0.1) is 0 Å². The highest BCUT2D eigenvalue weighted by Crippen LogP contribution is 2.22. The normalized spacial score (nSPS) is 12.0. The molecule has 0 saturated carbocycles. The van der Waals surface area contributed by atoms with Crippen LogP contribution in [-0.4, -0.2) is 34.7 Å². The van der Waals surface area contributed by atoms with Gasteiger partial charge < -0.3 is 19.3 Å². The molecule has 25 heavy (non-hydrogen) atoms. The van der Waals surface area contributed by atoms with E-state index in [2.05, 4.69) is 29.3 Å². The van der Waals surface area contributed by atoms with Gasteiger partial charge in [-0.15, -0.1) is 0 Å². The second-order valence-electron chi connectivity index (χ2n) is 6.25. The molecule has 0 fully saturated rings. The lowest BCUT2D eigenvalue weighted by atomic mass is 9.99. The highest BCUT2D eigenvalue weighted by molar-refractivity contribution is 6.30. The standard InChI is InChI=1S/C18H28ClN5O/c1-6-13(7-2)17-9-16(25-22-17)10-21-18(20-3)24(5)12-15-8-14(19)11-23(15)4/h8-9,11,13H,6-7,10,12H2,1-5H3,(H,20,21). The minimum atomic E-state index is 0.460. The molecule has 6 nitrogen and oxygen atoms in total. The highest BCUT2D eigenvalue weighted by atomic mass is 35.5. The molecule has 2 aromatic rings. The molecule has 2 aromatic heterocycles. The second kappa shape index (κ2) is 8.94. The van der Waals surface area contributed by atoms with Crippen LogP contribution in [0.4, 0.5) is 0 Å². The summed E-state index contributed by atoms with van der Waals surface area (Å²) in [6.45, 7) is 5.61. The lowest BCUT2D eigenvalue weighted by molar-refractivity contribution is 0.365. The molecular weight excluding hydrogens is 338 g/mol. The van der Waals surface area contributed by atoms with E-state index in [1.54, 1.807) is 7.05 Å². The van der Waals surface area contributed by atoms with E-state index in [0.29, 0.717) is 19.0 Å². The van der Waals surface area contributed by atoms with Gasteiger partial charge in [0, 0.05) is 45.0 Å². The fraction of sp³-hybridized carbons (Fsp3) is 0.556. The Morgan fingerprint density at radius 1 is 1.40 bits per heavy atom. The summed E-state index contributed by atoms with van der Waals surface area (Å²) >= 11 is 6.05. The van der Waals surface area contributed by atoms with Crippen molar-refractivity contribution in [2.45, 2.75) is 45.7 Å². The van der Waals surface area contributed by atoms with Crippen LogP contribution < -0.4 is 5.32 Å². The Labute approximate surface area is 154 Å². The van der Waals surface area contributed by atoms with E-state index < -0.39 is 0 Å². The van der Waals surface area contributed by atoms with Gasteiger partial charge in [0.2, 0.25) is 0 Å². The zero-order valence-corrected chi connectivity index (χ0v) is 16.5. The lowest BCUT2D eigenvalue weighted by Crippen LogP contribution is -2.38. The van der Waals surface area contributed by atoms with Gasteiger partial charge in [-0.1, -0.05) is 30.6 Å². The quantitative estimate of drug-likeness (QED) is 0.599. The van der Waals surface area contributed by atoms with Crippen molar-refractivity contribution in [3.05, 3.63) is 40.5 Å². The molecule has 0 aliphatic carbocycles. The third-order valence-corrected chi connectivity index (χ3v) is 4.66. The Kier molecular flexibility index (Phi) is 6.93. The molecule has 0 radical (unpaired) electrons. The smallest absolute Gasteiger partial charge is 0.194 e. The monoisotopic (exact) mass is 365 g/mol. The maximum Gasteiger partial charge on any atom is 0.194 e. The molecule has 0 aliphatic rings. The van der Waals surface area contributed by atoms with E-state index >= 15 is 0 Å². The molecule has 0 amide bonds. The van der Waals surface area contributed by atoms with Crippen molar-refractivity contribution >= 4 is 17.6 Å². The summed E-state index contributed by atoms with van der Waals surface area (Å²) in [7, 11) is 5.75. The Balaban J connectivity index is 1.95. The average molecular weight is 366 g/mol. The lowest BCUT2D eigenvalue weighted by Gasteiger charge is -2.21. The first-order chi connectivity index (χ1) is 12.0. The summed E-state index contributed by atoms with van der Waals surface area (Å²) in [5.41, 5.74) is 2.15. The Bertz CT molecular complexity index is 702. The molecule has 2 heterocycles. The van der Waals surface area contributed by atoms with Gasteiger partial charge in [-0.3, -0.25) is 4.99 Å². The molecule has 0 saturated heterocycles. The van der Waals surface area contributed by atoms with Gasteiger partial charge in [0.15, 0.2) is 11.7 Å². The number of rotatable bonds is 7. The highest BCUT2D eigenvalue weighted by Gasteiger charge is 2.14. The van der Waals surface area contributed by atoms with Crippen molar-refractivity contribution in [3.8, 4) is 0 Å². The molecule has 0 atom stereocenters. The maximum absolute atomic E-state index is 6.05. The summed E-state index contributed by atoms with van der Waals surface area (Å²) in [6, 6.07) is 4.00. The molecule has 0 aliphatic heterocycles. The first-order valence-electron chi connectivity index (χ1n) is 8.66. The molecule has 7 heteroatoms. The fourth-order valence-electron chi connectivity index (χ4n) is 2.90. The van der Waals surface area contributed by atoms with Crippen LogP contribution in [0.5, 0.6) is 0 Å². The number of aliphatic imine (C=N–C) groups is 1. The number of halogens is 1.